The molecule has 0 radical (unpaired) electrons. The highest BCUT2D eigenvalue weighted by Crippen LogP contribution is 2.12. The zero-order valence-corrected chi connectivity index (χ0v) is 13.9. The van der Waals surface area contributed by atoms with Crippen LogP contribution in [0.1, 0.15) is 38.2 Å². The van der Waals surface area contributed by atoms with Crippen molar-refractivity contribution in [1.82, 2.24) is 5.32 Å². The van der Waals surface area contributed by atoms with Gasteiger partial charge >= 0.3 is 0 Å². The van der Waals surface area contributed by atoms with Gasteiger partial charge in [0.15, 0.2) is 0 Å². The lowest BCUT2D eigenvalue weighted by atomic mass is 10.0. The summed E-state index contributed by atoms with van der Waals surface area (Å²) in [6.45, 7) is 10.7. The smallest absolute Gasteiger partial charge is 0.0184 e. The second kappa shape index (κ2) is 11.6. The summed E-state index contributed by atoms with van der Waals surface area (Å²) < 4.78 is 0. The van der Waals surface area contributed by atoms with Crippen molar-refractivity contribution < 1.29 is 0 Å². The van der Waals surface area contributed by atoms with Crippen molar-refractivity contribution in [1.29, 1.82) is 0 Å². The van der Waals surface area contributed by atoms with Gasteiger partial charge in [0.1, 0.15) is 0 Å². The summed E-state index contributed by atoms with van der Waals surface area (Å²) in [7, 11) is 0. The van der Waals surface area contributed by atoms with Crippen molar-refractivity contribution in [3.63, 3.8) is 0 Å². The Labute approximate surface area is 136 Å². The van der Waals surface area contributed by atoms with Crippen molar-refractivity contribution in [2.75, 3.05) is 6.54 Å². The average molecular weight is 295 g/mol. The molecule has 1 nitrogen and oxygen atoms in total. The normalized spacial score (nSPS) is 12.7. The molecule has 1 aliphatic carbocycles. The van der Waals surface area contributed by atoms with Gasteiger partial charge in [0.05, 0.1) is 0 Å². The quantitative estimate of drug-likeness (QED) is 0.647. The second-order valence-electron chi connectivity index (χ2n) is 5.37. The van der Waals surface area contributed by atoms with Crippen LogP contribution in [0, 0.1) is 0 Å². The number of nitrogens with one attached hydrogen (secondary N) is 1. The predicted octanol–water partition coefficient (Wildman–Crippen LogP) is 5.58. The molecule has 1 aromatic carbocycles. The lowest BCUT2D eigenvalue weighted by molar-refractivity contribution is 0.758. The molecule has 0 saturated carbocycles. The second-order valence-corrected chi connectivity index (χ2v) is 5.37. The molecule has 0 atom stereocenters. The molecule has 2 rings (SSSR count). The van der Waals surface area contributed by atoms with Crippen LogP contribution in [0.3, 0.4) is 0 Å². The molecule has 1 heteroatoms. The van der Waals surface area contributed by atoms with E-state index in [0.29, 0.717) is 0 Å². The van der Waals surface area contributed by atoms with Crippen molar-refractivity contribution >= 4 is 0 Å². The van der Waals surface area contributed by atoms with Crippen LogP contribution in [0.5, 0.6) is 0 Å². The highest BCUT2D eigenvalue weighted by molar-refractivity contribution is 5.22. The molecular weight excluding hydrogens is 266 g/mol. The van der Waals surface area contributed by atoms with E-state index in [1.807, 2.05) is 24.3 Å². The topological polar surface area (TPSA) is 12.0 Å². The van der Waals surface area contributed by atoms with E-state index in [2.05, 4.69) is 55.8 Å². The fraction of sp³-hybridized carbons (Fsp3) is 0.333. The van der Waals surface area contributed by atoms with Crippen LogP contribution in [0.15, 0.2) is 79.1 Å². The summed E-state index contributed by atoms with van der Waals surface area (Å²) in [4.78, 5) is 0. The maximum Gasteiger partial charge on any atom is 0.0184 e. The van der Waals surface area contributed by atoms with Gasteiger partial charge in [-0.1, -0.05) is 73.7 Å². The van der Waals surface area contributed by atoms with E-state index in [-0.39, 0.29) is 0 Å². The fourth-order valence-electron chi connectivity index (χ4n) is 2.14. The first kappa shape index (κ1) is 18.0. The van der Waals surface area contributed by atoms with Crippen molar-refractivity contribution in [3.8, 4) is 0 Å². The molecule has 0 spiro atoms. The summed E-state index contributed by atoms with van der Waals surface area (Å²) in [5.41, 5.74) is 3.93. The number of allylic oxidation sites excluding steroid dienone is 5. The van der Waals surface area contributed by atoms with E-state index in [1.165, 1.54) is 24.0 Å². The van der Waals surface area contributed by atoms with Gasteiger partial charge in [0, 0.05) is 12.2 Å². The molecule has 1 N–H and O–H groups in total. The molecule has 0 fully saturated rings. The van der Waals surface area contributed by atoms with Gasteiger partial charge in [-0.25, -0.2) is 0 Å². The molecule has 0 amide bonds. The van der Waals surface area contributed by atoms with E-state index >= 15 is 0 Å². The first-order chi connectivity index (χ1) is 10.8. The van der Waals surface area contributed by atoms with Gasteiger partial charge in [-0.2, -0.15) is 0 Å². The number of benzene rings is 1. The standard InChI is InChI=1S/C12H19N.C9H10/c1-3-11(2)13-10-9-12-7-5-4-6-8-12;1-2-6-9-7-4-3-5-8-9/h5,7-8,13H,2-4,6,9-10H2,1H3;2-5,7-8H,1,6H2. The summed E-state index contributed by atoms with van der Waals surface area (Å²) in [6.07, 6.45) is 14.3. The largest absolute Gasteiger partial charge is 0.388 e. The minimum absolute atomic E-state index is 0.973. The van der Waals surface area contributed by atoms with E-state index in [4.69, 9.17) is 0 Å². The van der Waals surface area contributed by atoms with Crippen LogP contribution in [0.4, 0.5) is 0 Å². The maximum absolute atomic E-state index is 3.91. The van der Waals surface area contributed by atoms with Gasteiger partial charge in [-0.3, -0.25) is 0 Å². The van der Waals surface area contributed by atoms with Crippen LogP contribution in [0.2, 0.25) is 0 Å². The molecule has 0 aliphatic heterocycles. The Morgan fingerprint density at radius 1 is 1.23 bits per heavy atom. The van der Waals surface area contributed by atoms with Crippen LogP contribution in [-0.4, -0.2) is 6.54 Å². The Kier molecular flexibility index (Phi) is 9.52. The first-order valence-corrected chi connectivity index (χ1v) is 8.18. The Bertz CT molecular complexity index is 494. The van der Waals surface area contributed by atoms with E-state index in [9.17, 15) is 0 Å². The van der Waals surface area contributed by atoms with E-state index in [1.54, 1.807) is 0 Å². The van der Waals surface area contributed by atoms with Crippen LogP contribution < -0.4 is 5.32 Å². The molecule has 1 aliphatic rings. The summed E-state index contributed by atoms with van der Waals surface area (Å²) in [5.74, 6) is 0. The monoisotopic (exact) mass is 295 g/mol. The van der Waals surface area contributed by atoms with E-state index in [0.717, 1.165) is 31.5 Å². The molecule has 0 saturated heterocycles. The lowest BCUT2D eigenvalue weighted by Gasteiger charge is -2.09. The van der Waals surface area contributed by atoms with Gasteiger partial charge < -0.3 is 5.32 Å². The molecule has 22 heavy (non-hydrogen) atoms. The van der Waals surface area contributed by atoms with Crippen molar-refractivity contribution in [2.45, 2.75) is 39.0 Å². The van der Waals surface area contributed by atoms with Gasteiger partial charge in [0.25, 0.3) is 0 Å². The van der Waals surface area contributed by atoms with E-state index < -0.39 is 0 Å². The van der Waals surface area contributed by atoms with Crippen molar-refractivity contribution in [2.24, 2.45) is 0 Å². The van der Waals surface area contributed by atoms with Crippen LogP contribution in [0.25, 0.3) is 0 Å². The minimum atomic E-state index is 0.973. The van der Waals surface area contributed by atoms with Gasteiger partial charge in [0.2, 0.25) is 0 Å². The predicted molar refractivity (Wildman–Crippen MR) is 98.9 cm³/mol. The third kappa shape index (κ3) is 8.31. The Balaban J connectivity index is 0.000000235. The highest BCUT2D eigenvalue weighted by Gasteiger charge is 1.96. The molecule has 118 valence electrons. The zero-order chi connectivity index (χ0) is 16.0. The molecule has 1 aromatic rings. The van der Waals surface area contributed by atoms with Crippen LogP contribution in [-0.2, 0) is 6.42 Å². The summed E-state index contributed by atoms with van der Waals surface area (Å²) >= 11 is 0. The molecule has 0 heterocycles. The molecule has 0 unspecified atom stereocenters. The number of hydrogen-bond acceptors (Lipinski definition) is 1. The molecular formula is C21H29N. The minimum Gasteiger partial charge on any atom is -0.388 e. The zero-order valence-electron chi connectivity index (χ0n) is 13.9. The Hall–Kier alpha value is -2.02. The summed E-state index contributed by atoms with van der Waals surface area (Å²) in [5, 5.41) is 3.31. The van der Waals surface area contributed by atoms with Gasteiger partial charge in [-0.05, 0) is 37.7 Å². The Morgan fingerprint density at radius 2 is 2.00 bits per heavy atom. The maximum atomic E-state index is 3.91. The number of hydrogen-bond donors (Lipinski definition) is 1. The summed E-state index contributed by atoms with van der Waals surface area (Å²) in [6, 6.07) is 10.3. The molecule has 0 aromatic heterocycles. The lowest BCUT2D eigenvalue weighted by Crippen LogP contribution is -2.13. The Morgan fingerprint density at radius 3 is 2.59 bits per heavy atom. The number of rotatable bonds is 7. The van der Waals surface area contributed by atoms with Crippen LogP contribution >= 0.6 is 0 Å². The highest BCUT2D eigenvalue weighted by atomic mass is 14.9. The fourth-order valence-corrected chi connectivity index (χ4v) is 2.14. The SMILES string of the molecule is C=C(CC)NCCC1=CCCC=C1.C=CCc1ccccc1. The third-order valence-electron chi connectivity index (χ3n) is 3.51. The van der Waals surface area contributed by atoms with Gasteiger partial charge in [-0.15, -0.1) is 6.58 Å². The third-order valence-corrected chi connectivity index (χ3v) is 3.51. The average Bonchev–Trinajstić information content (AvgIpc) is 2.57. The van der Waals surface area contributed by atoms with Crippen molar-refractivity contribution in [3.05, 3.63) is 84.6 Å². The first-order valence-electron chi connectivity index (χ1n) is 8.18. The molecule has 0 bridgehead atoms.